The first-order valence-corrected chi connectivity index (χ1v) is 7.72. The van der Waals surface area contributed by atoms with Gasteiger partial charge in [0.05, 0.1) is 6.54 Å². The second-order valence-corrected chi connectivity index (χ2v) is 6.23. The summed E-state index contributed by atoms with van der Waals surface area (Å²) in [6.07, 6.45) is 0. The van der Waals surface area contributed by atoms with Crippen LogP contribution in [0.15, 0.2) is 46.9 Å². The summed E-state index contributed by atoms with van der Waals surface area (Å²) in [7, 11) is 1.87. The van der Waals surface area contributed by atoms with E-state index in [9.17, 15) is 9.18 Å². The largest absolute Gasteiger partial charge is 0.325 e. The Bertz CT molecular complexity index is 658. The van der Waals surface area contributed by atoms with Crippen molar-refractivity contribution in [2.45, 2.75) is 13.5 Å². The Balaban J connectivity index is 1.88. The van der Waals surface area contributed by atoms with Gasteiger partial charge in [-0.1, -0.05) is 34.1 Å². The molecule has 0 unspecified atom stereocenters. The molecule has 0 bridgehead atoms. The molecule has 0 saturated carbocycles. The van der Waals surface area contributed by atoms with Gasteiger partial charge in [0.25, 0.3) is 0 Å². The Kier molecular flexibility index (Phi) is 5.69. The van der Waals surface area contributed by atoms with Crippen LogP contribution in [0.2, 0.25) is 0 Å². The lowest BCUT2D eigenvalue weighted by Crippen LogP contribution is -2.29. The molecule has 0 aliphatic carbocycles. The van der Waals surface area contributed by atoms with Crippen molar-refractivity contribution >= 4 is 27.5 Å². The highest BCUT2D eigenvalue weighted by Gasteiger charge is 2.08. The summed E-state index contributed by atoms with van der Waals surface area (Å²) in [5.41, 5.74) is 2.16. The van der Waals surface area contributed by atoms with E-state index in [4.69, 9.17) is 0 Å². The number of nitrogens with one attached hydrogen (secondary N) is 1. The molecule has 0 spiro atoms. The van der Waals surface area contributed by atoms with Crippen LogP contribution in [-0.2, 0) is 11.3 Å². The standard InChI is InChI=1S/C17H18BrFN2O/c1-12-3-8-15(9-16(12)19)20-17(22)11-21(2)10-13-4-6-14(18)7-5-13/h3-9H,10-11H2,1-2H3,(H,20,22). The van der Waals surface area contributed by atoms with Gasteiger partial charge in [-0.2, -0.15) is 0 Å². The first-order chi connectivity index (χ1) is 10.4. The van der Waals surface area contributed by atoms with Crippen LogP contribution in [0.1, 0.15) is 11.1 Å². The van der Waals surface area contributed by atoms with Crippen molar-refractivity contribution < 1.29 is 9.18 Å². The van der Waals surface area contributed by atoms with E-state index in [1.54, 1.807) is 19.1 Å². The molecule has 0 aromatic heterocycles. The van der Waals surface area contributed by atoms with Gasteiger partial charge in [-0.3, -0.25) is 9.69 Å². The van der Waals surface area contributed by atoms with Gasteiger partial charge in [-0.25, -0.2) is 4.39 Å². The highest BCUT2D eigenvalue weighted by atomic mass is 79.9. The zero-order valence-corrected chi connectivity index (χ0v) is 14.2. The average molecular weight is 365 g/mol. The number of halogens is 2. The normalized spacial score (nSPS) is 10.8. The average Bonchev–Trinajstić information content (AvgIpc) is 2.45. The first kappa shape index (κ1) is 16.6. The number of carbonyl (C=O) groups excluding carboxylic acids is 1. The van der Waals surface area contributed by atoms with Gasteiger partial charge in [0.1, 0.15) is 5.82 Å². The summed E-state index contributed by atoms with van der Waals surface area (Å²) < 4.78 is 14.5. The Morgan fingerprint density at radius 2 is 1.91 bits per heavy atom. The molecule has 2 aromatic rings. The van der Waals surface area contributed by atoms with Gasteiger partial charge in [0, 0.05) is 16.7 Å². The van der Waals surface area contributed by atoms with E-state index in [1.807, 2.05) is 36.2 Å². The van der Waals surface area contributed by atoms with Crippen molar-refractivity contribution in [2.24, 2.45) is 0 Å². The van der Waals surface area contributed by atoms with Crippen LogP contribution < -0.4 is 5.32 Å². The first-order valence-electron chi connectivity index (χ1n) is 6.93. The molecule has 22 heavy (non-hydrogen) atoms. The van der Waals surface area contributed by atoms with Crippen LogP contribution in [-0.4, -0.2) is 24.4 Å². The molecule has 0 heterocycles. The van der Waals surface area contributed by atoms with Gasteiger partial charge in [-0.05, 0) is 49.4 Å². The molecule has 2 rings (SSSR count). The number of aryl methyl sites for hydroxylation is 1. The van der Waals surface area contributed by atoms with E-state index in [0.29, 0.717) is 17.8 Å². The van der Waals surface area contributed by atoms with Crippen LogP contribution in [0.4, 0.5) is 10.1 Å². The maximum atomic E-state index is 13.4. The molecule has 0 saturated heterocycles. The molecule has 5 heteroatoms. The number of hydrogen-bond acceptors (Lipinski definition) is 2. The Morgan fingerprint density at radius 3 is 2.55 bits per heavy atom. The van der Waals surface area contributed by atoms with Gasteiger partial charge in [0.15, 0.2) is 0 Å². The van der Waals surface area contributed by atoms with Gasteiger partial charge >= 0.3 is 0 Å². The minimum atomic E-state index is -0.319. The van der Waals surface area contributed by atoms with Crippen molar-refractivity contribution in [2.75, 3.05) is 18.9 Å². The fraction of sp³-hybridized carbons (Fsp3) is 0.235. The molecule has 0 fully saturated rings. The van der Waals surface area contributed by atoms with Crippen molar-refractivity contribution in [3.8, 4) is 0 Å². The molecule has 0 aliphatic rings. The predicted molar refractivity (Wildman–Crippen MR) is 90.2 cm³/mol. The summed E-state index contributed by atoms with van der Waals surface area (Å²) in [6, 6.07) is 12.6. The monoisotopic (exact) mass is 364 g/mol. The second-order valence-electron chi connectivity index (χ2n) is 5.31. The van der Waals surface area contributed by atoms with Crippen LogP contribution >= 0.6 is 15.9 Å². The third kappa shape index (κ3) is 4.93. The van der Waals surface area contributed by atoms with E-state index in [0.717, 1.165) is 10.0 Å². The van der Waals surface area contributed by atoms with Crippen LogP contribution in [0.5, 0.6) is 0 Å². The van der Waals surface area contributed by atoms with Crippen LogP contribution in [0, 0.1) is 12.7 Å². The van der Waals surface area contributed by atoms with Crippen LogP contribution in [0.3, 0.4) is 0 Å². The lowest BCUT2D eigenvalue weighted by molar-refractivity contribution is -0.117. The summed E-state index contributed by atoms with van der Waals surface area (Å²) in [6.45, 7) is 2.60. The number of nitrogens with zero attached hydrogens (tertiary/aromatic N) is 1. The summed E-state index contributed by atoms with van der Waals surface area (Å²) in [5, 5.41) is 2.71. The summed E-state index contributed by atoms with van der Waals surface area (Å²) >= 11 is 3.39. The number of likely N-dealkylation sites (N-methyl/N-ethyl adjacent to an activating group) is 1. The minimum absolute atomic E-state index is 0.164. The van der Waals surface area contributed by atoms with Crippen molar-refractivity contribution in [1.82, 2.24) is 4.90 Å². The highest BCUT2D eigenvalue weighted by Crippen LogP contribution is 2.14. The smallest absolute Gasteiger partial charge is 0.238 e. The number of amides is 1. The molecular weight excluding hydrogens is 347 g/mol. The Hall–Kier alpha value is -1.72. The lowest BCUT2D eigenvalue weighted by Gasteiger charge is -2.16. The Labute approximate surface area is 138 Å². The van der Waals surface area contributed by atoms with Crippen molar-refractivity contribution in [3.05, 3.63) is 63.9 Å². The molecule has 1 N–H and O–H groups in total. The fourth-order valence-corrected chi connectivity index (χ4v) is 2.34. The molecule has 3 nitrogen and oxygen atoms in total. The molecular formula is C17H18BrFN2O. The number of carbonyl (C=O) groups is 1. The molecule has 0 atom stereocenters. The van der Waals surface area contributed by atoms with Gasteiger partial charge in [-0.15, -0.1) is 0 Å². The zero-order chi connectivity index (χ0) is 16.1. The number of anilines is 1. The summed E-state index contributed by atoms with van der Waals surface area (Å²) in [4.78, 5) is 13.9. The molecule has 0 aliphatic heterocycles. The number of rotatable bonds is 5. The summed E-state index contributed by atoms with van der Waals surface area (Å²) in [5.74, 6) is -0.483. The van der Waals surface area contributed by atoms with E-state index in [1.165, 1.54) is 6.07 Å². The van der Waals surface area contributed by atoms with Gasteiger partial charge in [0.2, 0.25) is 5.91 Å². The zero-order valence-electron chi connectivity index (χ0n) is 12.6. The van der Waals surface area contributed by atoms with E-state index in [-0.39, 0.29) is 18.3 Å². The third-order valence-corrected chi connectivity index (χ3v) is 3.76. The van der Waals surface area contributed by atoms with Crippen molar-refractivity contribution in [1.29, 1.82) is 0 Å². The Morgan fingerprint density at radius 1 is 1.23 bits per heavy atom. The maximum absolute atomic E-state index is 13.4. The molecule has 2 aromatic carbocycles. The minimum Gasteiger partial charge on any atom is -0.325 e. The topological polar surface area (TPSA) is 32.3 Å². The van der Waals surface area contributed by atoms with Crippen molar-refractivity contribution in [3.63, 3.8) is 0 Å². The lowest BCUT2D eigenvalue weighted by atomic mass is 10.2. The van der Waals surface area contributed by atoms with Gasteiger partial charge < -0.3 is 5.32 Å². The SMILES string of the molecule is Cc1ccc(NC(=O)CN(C)Cc2ccc(Br)cc2)cc1F. The molecule has 0 radical (unpaired) electrons. The fourth-order valence-electron chi connectivity index (χ4n) is 2.07. The number of benzene rings is 2. The second kappa shape index (κ2) is 7.51. The van der Waals surface area contributed by atoms with E-state index < -0.39 is 0 Å². The van der Waals surface area contributed by atoms with Crippen LogP contribution in [0.25, 0.3) is 0 Å². The quantitative estimate of drug-likeness (QED) is 0.870. The predicted octanol–water partition coefficient (Wildman–Crippen LogP) is 3.97. The van der Waals surface area contributed by atoms with E-state index >= 15 is 0 Å². The van der Waals surface area contributed by atoms with E-state index in [2.05, 4.69) is 21.2 Å². The molecule has 116 valence electrons. The third-order valence-electron chi connectivity index (χ3n) is 3.23. The highest BCUT2D eigenvalue weighted by molar-refractivity contribution is 9.10. The number of hydrogen-bond donors (Lipinski definition) is 1. The molecule has 1 amide bonds. The maximum Gasteiger partial charge on any atom is 0.238 e.